The van der Waals surface area contributed by atoms with E-state index in [1.807, 2.05) is 0 Å². The van der Waals surface area contributed by atoms with Gasteiger partial charge in [-0.3, -0.25) is 0 Å². The second-order valence-corrected chi connectivity index (χ2v) is 3.90. The Bertz CT molecular complexity index is 112. The lowest BCUT2D eigenvalue weighted by Gasteiger charge is -2.14. The van der Waals surface area contributed by atoms with Gasteiger partial charge >= 0.3 is 0 Å². The lowest BCUT2D eigenvalue weighted by atomic mass is 10.2. The van der Waals surface area contributed by atoms with E-state index in [4.69, 9.17) is 0 Å². The van der Waals surface area contributed by atoms with Crippen LogP contribution < -0.4 is 10.6 Å². The van der Waals surface area contributed by atoms with Gasteiger partial charge in [0, 0.05) is 24.7 Å². The van der Waals surface area contributed by atoms with Crippen molar-refractivity contribution in [3.05, 3.63) is 0 Å². The molecule has 2 unspecified atom stereocenters. The summed E-state index contributed by atoms with van der Waals surface area (Å²) in [6.45, 7) is 7.77. The molecule has 0 aliphatic carbocycles. The largest absolute Gasteiger partial charge is 0.313 e. The summed E-state index contributed by atoms with van der Waals surface area (Å²) in [6.07, 6.45) is 2.67. The molecule has 0 aromatic rings. The third-order valence-corrected chi connectivity index (χ3v) is 2.24. The molecule has 0 radical (unpaired) electrons. The zero-order valence-corrected chi connectivity index (χ0v) is 7.85. The van der Waals surface area contributed by atoms with Crippen LogP contribution in [0, 0.1) is 0 Å². The van der Waals surface area contributed by atoms with Crippen LogP contribution in [0.4, 0.5) is 0 Å². The fourth-order valence-corrected chi connectivity index (χ4v) is 1.56. The molecule has 2 atom stereocenters. The minimum absolute atomic E-state index is 0.618. The van der Waals surface area contributed by atoms with Gasteiger partial charge in [-0.1, -0.05) is 13.8 Å². The maximum atomic E-state index is 3.55. The van der Waals surface area contributed by atoms with Gasteiger partial charge in [0.05, 0.1) is 0 Å². The summed E-state index contributed by atoms with van der Waals surface area (Å²) in [4.78, 5) is 0. The zero-order chi connectivity index (χ0) is 8.27. The molecule has 1 saturated heterocycles. The van der Waals surface area contributed by atoms with Gasteiger partial charge in [-0.25, -0.2) is 0 Å². The van der Waals surface area contributed by atoms with Crippen LogP contribution in [0.15, 0.2) is 0 Å². The summed E-state index contributed by atoms with van der Waals surface area (Å²) in [7, 11) is 0. The van der Waals surface area contributed by atoms with E-state index < -0.39 is 0 Å². The van der Waals surface area contributed by atoms with E-state index in [0.29, 0.717) is 12.1 Å². The number of hydrogen-bond donors (Lipinski definition) is 2. The third kappa shape index (κ3) is 3.21. The van der Waals surface area contributed by atoms with Gasteiger partial charge in [0.25, 0.3) is 0 Å². The molecule has 11 heavy (non-hydrogen) atoms. The van der Waals surface area contributed by atoms with E-state index in [1.54, 1.807) is 0 Å². The lowest BCUT2D eigenvalue weighted by Crippen LogP contribution is -2.38. The molecular weight excluding hydrogens is 136 g/mol. The Kier molecular flexibility index (Phi) is 3.34. The van der Waals surface area contributed by atoms with Gasteiger partial charge < -0.3 is 10.6 Å². The molecule has 1 heterocycles. The fraction of sp³-hybridized carbons (Fsp3) is 1.00. The molecule has 1 fully saturated rings. The highest BCUT2D eigenvalue weighted by atomic mass is 15.0. The fourth-order valence-electron chi connectivity index (χ4n) is 1.56. The van der Waals surface area contributed by atoms with Crippen molar-refractivity contribution in [2.45, 2.75) is 51.7 Å². The molecule has 1 aliphatic rings. The van der Waals surface area contributed by atoms with Crippen LogP contribution >= 0.6 is 0 Å². The van der Waals surface area contributed by atoms with Crippen molar-refractivity contribution < 1.29 is 0 Å². The second-order valence-electron chi connectivity index (χ2n) is 3.90. The standard InChI is InChI=1S/C9H20N2/c1-7(2)10-6-9-5-4-8(3)11-9/h7-11H,4-6H2,1-3H3. The molecule has 66 valence electrons. The van der Waals surface area contributed by atoms with Crippen molar-refractivity contribution in [2.75, 3.05) is 6.54 Å². The molecule has 0 bridgehead atoms. The van der Waals surface area contributed by atoms with Crippen molar-refractivity contribution in [3.63, 3.8) is 0 Å². The van der Waals surface area contributed by atoms with Crippen molar-refractivity contribution in [3.8, 4) is 0 Å². The molecule has 2 heteroatoms. The molecular formula is C9H20N2. The van der Waals surface area contributed by atoms with Crippen LogP contribution in [0.2, 0.25) is 0 Å². The van der Waals surface area contributed by atoms with Crippen LogP contribution in [-0.4, -0.2) is 24.7 Å². The van der Waals surface area contributed by atoms with E-state index in [2.05, 4.69) is 31.4 Å². The highest BCUT2D eigenvalue weighted by molar-refractivity contribution is 4.82. The van der Waals surface area contributed by atoms with Crippen LogP contribution in [0.3, 0.4) is 0 Å². The molecule has 0 aromatic heterocycles. The van der Waals surface area contributed by atoms with E-state index in [1.165, 1.54) is 12.8 Å². The van der Waals surface area contributed by atoms with Crippen LogP contribution in [0.5, 0.6) is 0 Å². The van der Waals surface area contributed by atoms with Crippen molar-refractivity contribution in [2.24, 2.45) is 0 Å². The van der Waals surface area contributed by atoms with Gasteiger partial charge in [0.1, 0.15) is 0 Å². The quantitative estimate of drug-likeness (QED) is 0.640. The van der Waals surface area contributed by atoms with Crippen LogP contribution in [0.1, 0.15) is 33.6 Å². The van der Waals surface area contributed by atoms with Gasteiger partial charge in [-0.05, 0) is 19.8 Å². The van der Waals surface area contributed by atoms with Crippen molar-refractivity contribution in [1.82, 2.24) is 10.6 Å². The summed E-state index contributed by atoms with van der Waals surface area (Å²) in [5.74, 6) is 0. The average Bonchev–Trinajstić information content (AvgIpc) is 2.31. The summed E-state index contributed by atoms with van der Waals surface area (Å²) in [5, 5.41) is 6.99. The maximum absolute atomic E-state index is 3.55. The predicted molar refractivity (Wildman–Crippen MR) is 48.8 cm³/mol. The molecule has 1 aliphatic heterocycles. The van der Waals surface area contributed by atoms with Gasteiger partial charge in [-0.15, -0.1) is 0 Å². The number of nitrogens with one attached hydrogen (secondary N) is 2. The van der Waals surface area contributed by atoms with E-state index in [-0.39, 0.29) is 0 Å². The SMILES string of the molecule is CC(C)NCC1CCC(C)N1. The summed E-state index contributed by atoms with van der Waals surface area (Å²) < 4.78 is 0. The van der Waals surface area contributed by atoms with Crippen molar-refractivity contribution in [1.29, 1.82) is 0 Å². The Labute approximate surface area is 69.8 Å². The third-order valence-electron chi connectivity index (χ3n) is 2.24. The van der Waals surface area contributed by atoms with Gasteiger partial charge in [0.15, 0.2) is 0 Å². The highest BCUT2D eigenvalue weighted by Gasteiger charge is 2.19. The predicted octanol–water partition coefficient (Wildman–Crippen LogP) is 1.12. The minimum atomic E-state index is 0.618. The molecule has 0 spiro atoms. The lowest BCUT2D eigenvalue weighted by molar-refractivity contribution is 0.482. The minimum Gasteiger partial charge on any atom is -0.313 e. The van der Waals surface area contributed by atoms with Crippen LogP contribution in [-0.2, 0) is 0 Å². The van der Waals surface area contributed by atoms with Gasteiger partial charge in [0.2, 0.25) is 0 Å². The Hall–Kier alpha value is -0.0800. The summed E-state index contributed by atoms with van der Waals surface area (Å²) in [6, 6.07) is 2.06. The smallest absolute Gasteiger partial charge is 0.0195 e. The average molecular weight is 156 g/mol. The van der Waals surface area contributed by atoms with E-state index >= 15 is 0 Å². The molecule has 0 saturated carbocycles. The van der Waals surface area contributed by atoms with E-state index in [0.717, 1.165) is 12.6 Å². The van der Waals surface area contributed by atoms with Crippen LogP contribution in [0.25, 0.3) is 0 Å². The Morgan fingerprint density at radius 1 is 1.45 bits per heavy atom. The first-order chi connectivity index (χ1) is 5.18. The molecule has 0 amide bonds. The Morgan fingerprint density at radius 2 is 2.18 bits per heavy atom. The monoisotopic (exact) mass is 156 g/mol. The normalized spacial score (nSPS) is 31.6. The zero-order valence-electron chi connectivity index (χ0n) is 7.85. The van der Waals surface area contributed by atoms with Crippen molar-refractivity contribution >= 4 is 0 Å². The van der Waals surface area contributed by atoms with Gasteiger partial charge in [-0.2, -0.15) is 0 Å². The summed E-state index contributed by atoms with van der Waals surface area (Å²) in [5.41, 5.74) is 0. The molecule has 2 N–H and O–H groups in total. The summed E-state index contributed by atoms with van der Waals surface area (Å²) >= 11 is 0. The second kappa shape index (κ2) is 4.07. The molecule has 2 nitrogen and oxygen atoms in total. The first kappa shape index (κ1) is 9.01. The molecule has 0 aromatic carbocycles. The Balaban J connectivity index is 2.08. The number of hydrogen-bond acceptors (Lipinski definition) is 2. The first-order valence-electron chi connectivity index (χ1n) is 4.68. The maximum Gasteiger partial charge on any atom is 0.0195 e. The number of rotatable bonds is 3. The molecule has 1 rings (SSSR count). The Morgan fingerprint density at radius 3 is 2.64 bits per heavy atom. The van der Waals surface area contributed by atoms with E-state index in [9.17, 15) is 0 Å². The first-order valence-corrected chi connectivity index (χ1v) is 4.68. The topological polar surface area (TPSA) is 24.1 Å². The highest BCUT2D eigenvalue weighted by Crippen LogP contribution is 2.10.